The maximum atomic E-state index is 6.21. The van der Waals surface area contributed by atoms with Crippen LogP contribution in [0.3, 0.4) is 0 Å². The lowest BCUT2D eigenvalue weighted by Gasteiger charge is -2.13. The normalized spacial score (nSPS) is 19.4. The fourth-order valence-electron chi connectivity index (χ4n) is 1.88. The van der Waals surface area contributed by atoms with Gasteiger partial charge in [0.25, 0.3) is 0 Å². The minimum absolute atomic E-state index is 0.713. The zero-order valence-corrected chi connectivity index (χ0v) is 10.7. The predicted molar refractivity (Wildman–Crippen MR) is 69.5 cm³/mol. The van der Waals surface area contributed by atoms with Crippen molar-refractivity contribution in [1.82, 2.24) is 5.32 Å². The summed E-state index contributed by atoms with van der Waals surface area (Å²) in [6, 6.07) is 6.72. The molecule has 17 heavy (non-hydrogen) atoms. The molecule has 1 aromatic rings. The summed E-state index contributed by atoms with van der Waals surface area (Å²) in [5.41, 5.74) is 1.19. The molecule has 2 saturated carbocycles. The predicted octanol–water partition coefficient (Wildman–Crippen LogP) is 3.38. The number of hydrogen-bond acceptors (Lipinski definition) is 2. The van der Waals surface area contributed by atoms with Gasteiger partial charge in [0.2, 0.25) is 0 Å². The third-order valence-corrected chi connectivity index (χ3v) is 3.66. The largest absolute Gasteiger partial charge is 0.491 e. The number of benzene rings is 1. The molecular weight excluding hydrogens is 234 g/mol. The second-order valence-electron chi connectivity index (χ2n) is 5.14. The van der Waals surface area contributed by atoms with Crippen LogP contribution in [0.4, 0.5) is 0 Å². The quantitative estimate of drug-likeness (QED) is 0.837. The monoisotopic (exact) mass is 251 g/mol. The zero-order chi connectivity index (χ0) is 11.7. The molecule has 3 rings (SSSR count). The van der Waals surface area contributed by atoms with Crippen LogP contribution in [0.15, 0.2) is 18.2 Å². The molecule has 2 fully saturated rings. The highest BCUT2D eigenvalue weighted by molar-refractivity contribution is 6.32. The number of halogens is 1. The number of hydrogen-bond donors (Lipinski definition) is 1. The average Bonchev–Trinajstić information content (AvgIpc) is 3.18. The molecule has 0 bridgehead atoms. The Morgan fingerprint density at radius 3 is 2.76 bits per heavy atom. The fourth-order valence-corrected chi connectivity index (χ4v) is 2.13. The van der Waals surface area contributed by atoms with Crippen LogP contribution in [-0.2, 0) is 6.54 Å². The van der Waals surface area contributed by atoms with Gasteiger partial charge in [0.15, 0.2) is 0 Å². The lowest BCUT2D eigenvalue weighted by Crippen LogP contribution is -2.16. The van der Waals surface area contributed by atoms with Gasteiger partial charge in [0, 0.05) is 18.2 Å². The summed E-state index contributed by atoms with van der Waals surface area (Å²) in [4.78, 5) is 0. The van der Waals surface area contributed by atoms with E-state index >= 15 is 0 Å². The van der Waals surface area contributed by atoms with E-state index in [1.54, 1.807) is 0 Å². The van der Waals surface area contributed by atoms with Crippen molar-refractivity contribution in [2.24, 2.45) is 5.92 Å². The Labute approximate surface area is 107 Å². The van der Waals surface area contributed by atoms with E-state index in [9.17, 15) is 0 Å². The van der Waals surface area contributed by atoms with Crippen LogP contribution in [0.25, 0.3) is 0 Å². The van der Waals surface area contributed by atoms with Crippen molar-refractivity contribution in [3.8, 4) is 5.75 Å². The zero-order valence-electron chi connectivity index (χ0n) is 9.92. The van der Waals surface area contributed by atoms with E-state index in [0.717, 1.165) is 29.8 Å². The van der Waals surface area contributed by atoms with Crippen molar-refractivity contribution >= 4 is 11.6 Å². The number of para-hydroxylation sites is 1. The third kappa shape index (κ3) is 3.14. The van der Waals surface area contributed by atoms with Gasteiger partial charge in [0.1, 0.15) is 5.75 Å². The molecule has 0 atom stereocenters. The van der Waals surface area contributed by atoms with E-state index in [0.29, 0.717) is 6.04 Å². The maximum Gasteiger partial charge on any atom is 0.142 e. The molecule has 2 nitrogen and oxygen atoms in total. The first-order valence-electron chi connectivity index (χ1n) is 6.46. The summed E-state index contributed by atoms with van der Waals surface area (Å²) in [7, 11) is 0. The highest BCUT2D eigenvalue weighted by atomic mass is 35.5. The Balaban J connectivity index is 1.66. The van der Waals surface area contributed by atoms with E-state index in [1.165, 1.54) is 31.2 Å². The molecule has 0 radical (unpaired) electrons. The molecule has 0 aliphatic heterocycles. The molecule has 0 aromatic heterocycles. The van der Waals surface area contributed by atoms with Crippen molar-refractivity contribution in [3.05, 3.63) is 28.8 Å². The van der Waals surface area contributed by atoms with Gasteiger partial charge in [-0.1, -0.05) is 23.7 Å². The van der Waals surface area contributed by atoms with Crippen LogP contribution in [0.5, 0.6) is 5.75 Å². The molecule has 1 aromatic carbocycles. The lowest BCUT2D eigenvalue weighted by atomic mass is 10.2. The van der Waals surface area contributed by atoms with Crippen LogP contribution in [0.1, 0.15) is 31.2 Å². The Kier molecular flexibility index (Phi) is 3.26. The average molecular weight is 252 g/mol. The molecule has 0 amide bonds. The van der Waals surface area contributed by atoms with E-state index in [2.05, 4.69) is 11.4 Å². The molecule has 0 unspecified atom stereocenters. The number of rotatable bonds is 6. The van der Waals surface area contributed by atoms with Gasteiger partial charge >= 0.3 is 0 Å². The summed E-state index contributed by atoms with van der Waals surface area (Å²) >= 11 is 6.21. The van der Waals surface area contributed by atoms with Gasteiger partial charge in [-0.25, -0.2) is 0 Å². The van der Waals surface area contributed by atoms with E-state index in [4.69, 9.17) is 16.3 Å². The smallest absolute Gasteiger partial charge is 0.142 e. The van der Waals surface area contributed by atoms with E-state index in [1.807, 2.05) is 12.1 Å². The first-order valence-corrected chi connectivity index (χ1v) is 6.84. The van der Waals surface area contributed by atoms with Crippen molar-refractivity contribution in [2.45, 2.75) is 38.3 Å². The van der Waals surface area contributed by atoms with Gasteiger partial charge in [0.05, 0.1) is 11.6 Å². The van der Waals surface area contributed by atoms with E-state index < -0.39 is 0 Å². The van der Waals surface area contributed by atoms with Gasteiger partial charge in [-0.15, -0.1) is 0 Å². The molecule has 2 aliphatic carbocycles. The summed E-state index contributed by atoms with van der Waals surface area (Å²) in [5.74, 6) is 1.64. The van der Waals surface area contributed by atoms with Crippen molar-refractivity contribution in [1.29, 1.82) is 0 Å². The summed E-state index contributed by atoms with van der Waals surface area (Å²) < 4.78 is 5.87. The number of nitrogens with one attached hydrogen (secondary N) is 1. The first kappa shape index (κ1) is 11.4. The lowest BCUT2D eigenvalue weighted by molar-refractivity contribution is 0.296. The topological polar surface area (TPSA) is 21.3 Å². The molecule has 0 heterocycles. The molecule has 1 N–H and O–H groups in total. The van der Waals surface area contributed by atoms with Gasteiger partial charge in [-0.3, -0.25) is 0 Å². The Morgan fingerprint density at radius 1 is 1.24 bits per heavy atom. The van der Waals surface area contributed by atoms with Crippen molar-refractivity contribution in [3.63, 3.8) is 0 Å². The standard InChI is InChI=1S/C14H18ClNO/c15-13-3-1-2-11(8-16-12-6-7-12)14(13)17-9-10-4-5-10/h1-3,10,12,16H,4-9H2. The molecule has 0 saturated heterocycles. The molecule has 0 spiro atoms. The molecular formula is C14H18ClNO. The summed E-state index contributed by atoms with van der Waals surface area (Å²) in [6.07, 6.45) is 5.22. The minimum atomic E-state index is 0.713. The second kappa shape index (κ2) is 4.87. The van der Waals surface area contributed by atoms with Crippen LogP contribution in [0, 0.1) is 5.92 Å². The third-order valence-electron chi connectivity index (χ3n) is 3.37. The van der Waals surface area contributed by atoms with Gasteiger partial charge in [-0.05, 0) is 37.7 Å². The van der Waals surface area contributed by atoms with Crippen LogP contribution in [0.2, 0.25) is 5.02 Å². The second-order valence-corrected chi connectivity index (χ2v) is 5.54. The molecule has 3 heteroatoms. The Hall–Kier alpha value is -0.730. The SMILES string of the molecule is Clc1cccc(CNC2CC2)c1OCC1CC1. The van der Waals surface area contributed by atoms with Crippen molar-refractivity contribution in [2.75, 3.05) is 6.61 Å². The van der Waals surface area contributed by atoms with E-state index in [-0.39, 0.29) is 0 Å². The fraction of sp³-hybridized carbons (Fsp3) is 0.571. The summed E-state index contributed by atoms with van der Waals surface area (Å²) in [5, 5.41) is 4.24. The Morgan fingerprint density at radius 2 is 2.06 bits per heavy atom. The van der Waals surface area contributed by atoms with Crippen molar-refractivity contribution < 1.29 is 4.74 Å². The number of ether oxygens (including phenoxy) is 1. The van der Waals surface area contributed by atoms with Crippen LogP contribution < -0.4 is 10.1 Å². The maximum absolute atomic E-state index is 6.21. The first-order chi connectivity index (χ1) is 8.33. The summed E-state index contributed by atoms with van der Waals surface area (Å²) in [6.45, 7) is 1.69. The minimum Gasteiger partial charge on any atom is -0.491 e. The van der Waals surface area contributed by atoms with Gasteiger partial charge < -0.3 is 10.1 Å². The van der Waals surface area contributed by atoms with Gasteiger partial charge in [-0.2, -0.15) is 0 Å². The highest BCUT2D eigenvalue weighted by Gasteiger charge is 2.24. The van der Waals surface area contributed by atoms with Crippen LogP contribution in [-0.4, -0.2) is 12.6 Å². The Bertz CT molecular complexity index is 399. The highest BCUT2D eigenvalue weighted by Crippen LogP contribution is 2.34. The van der Waals surface area contributed by atoms with Crippen LogP contribution >= 0.6 is 11.6 Å². The molecule has 92 valence electrons. The molecule has 2 aliphatic rings.